The summed E-state index contributed by atoms with van der Waals surface area (Å²) in [5, 5.41) is 37.8. The molecule has 3 N–H and O–H groups in total. The van der Waals surface area contributed by atoms with E-state index in [2.05, 4.69) is 20.1 Å². The molecule has 14 nitrogen and oxygen atoms in total. The van der Waals surface area contributed by atoms with Crippen LogP contribution in [0.15, 0.2) is 18.5 Å². The molecule has 204 valence electrons. The van der Waals surface area contributed by atoms with Crippen LogP contribution in [0.1, 0.15) is 51.1 Å². The molecule has 1 saturated carbocycles. The highest BCUT2D eigenvalue weighted by molar-refractivity contribution is 5.88. The molecule has 4 rings (SSSR count). The summed E-state index contributed by atoms with van der Waals surface area (Å²) in [5.41, 5.74) is -1.78. The summed E-state index contributed by atoms with van der Waals surface area (Å²) in [6.07, 6.45) is 1.28. The normalized spacial score (nSPS) is 25.5. The van der Waals surface area contributed by atoms with Gasteiger partial charge in [0.25, 0.3) is 0 Å². The SMILES string of the molecule is CC(=O)OCOC(=O)Nc1ncnn2c([C@]3(C#N)O[C@H](CO)[C@@H](OC(=O)CC4CCCCC4)[C@H]3O)ccc12. The van der Waals surface area contributed by atoms with Crippen molar-refractivity contribution in [3.8, 4) is 6.07 Å². The van der Waals surface area contributed by atoms with Crippen molar-refractivity contribution < 1.29 is 43.5 Å². The number of nitrogens with one attached hydrogen (secondary N) is 1. The zero-order valence-corrected chi connectivity index (χ0v) is 20.7. The molecule has 2 aromatic rings. The zero-order valence-electron chi connectivity index (χ0n) is 20.7. The number of aliphatic hydroxyl groups is 2. The minimum absolute atomic E-state index is 0.00572. The highest BCUT2D eigenvalue weighted by Gasteiger charge is 2.59. The number of carbonyl (C=O) groups excluding carboxylic acids is 3. The lowest BCUT2D eigenvalue weighted by Gasteiger charge is -2.25. The van der Waals surface area contributed by atoms with E-state index in [0.717, 1.165) is 45.4 Å². The van der Waals surface area contributed by atoms with Gasteiger partial charge in [-0.2, -0.15) is 10.4 Å². The van der Waals surface area contributed by atoms with E-state index in [4.69, 9.17) is 14.2 Å². The number of nitrogens with zero attached hydrogens (tertiary/aromatic N) is 4. The van der Waals surface area contributed by atoms with E-state index in [0.29, 0.717) is 0 Å². The van der Waals surface area contributed by atoms with Crippen molar-refractivity contribution in [2.75, 3.05) is 18.7 Å². The Labute approximate surface area is 217 Å². The van der Waals surface area contributed by atoms with Crippen LogP contribution in [0.5, 0.6) is 0 Å². The number of anilines is 1. The van der Waals surface area contributed by atoms with E-state index in [9.17, 15) is 29.9 Å². The second kappa shape index (κ2) is 11.7. The van der Waals surface area contributed by atoms with Gasteiger partial charge in [0.1, 0.15) is 30.1 Å². The number of rotatable bonds is 8. The number of amides is 1. The summed E-state index contributed by atoms with van der Waals surface area (Å²) in [4.78, 5) is 39.5. The van der Waals surface area contributed by atoms with Gasteiger partial charge in [-0.15, -0.1) is 0 Å². The van der Waals surface area contributed by atoms with Crippen LogP contribution in [0, 0.1) is 17.2 Å². The monoisotopic (exact) mass is 531 g/mol. The molecule has 0 bridgehead atoms. The smallest absolute Gasteiger partial charge is 0.415 e. The van der Waals surface area contributed by atoms with Gasteiger partial charge in [-0.05, 0) is 30.9 Å². The molecule has 0 aromatic carbocycles. The van der Waals surface area contributed by atoms with Gasteiger partial charge in [0.2, 0.25) is 12.4 Å². The Morgan fingerprint density at radius 1 is 1.26 bits per heavy atom. The first-order valence-corrected chi connectivity index (χ1v) is 12.3. The molecule has 4 atom stereocenters. The van der Waals surface area contributed by atoms with Crippen molar-refractivity contribution in [2.45, 2.75) is 69.4 Å². The summed E-state index contributed by atoms with van der Waals surface area (Å²) >= 11 is 0. The van der Waals surface area contributed by atoms with Gasteiger partial charge in [-0.1, -0.05) is 19.3 Å². The second-order valence-corrected chi connectivity index (χ2v) is 9.23. The number of aromatic nitrogens is 3. The zero-order chi connectivity index (χ0) is 27.3. The highest BCUT2D eigenvalue weighted by Crippen LogP contribution is 2.42. The number of hydrogen-bond acceptors (Lipinski definition) is 12. The molecule has 14 heteroatoms. The molecule has 0 radical (unpaired) electrons. The van der Waals surface area contributed by atoms with Crippen LogP contribution >= 0.6 is 0 Å². The lowest BCUT2D eigenvalue weighted by atomic mass is 9.87. The third kappa shape index (κ3) is 5.54. The largest absolute Gasteiger partial charge is 0.457 e. The van der Waals surface area contributed by atoms with Crippen molar-refractivity contribution in [3.63, 3.8) is 0 Å². The van der Waals surface area contributed by atoms with E-state index >= 15 is 0 Å². The number of nitriles is 1. The molecule has 1 aliphatic heterocycles. The Kier molecular flexibility index (Phi) is 8.40. The Balaban J connectivity index is 1.55. The fourth-order valence-corrected chi connectivity index (χ4v) is 4.89. The van der Waals surface area contributed by atoms with Gasteiger partial charge in [0.15, 0.2) is 11.9 Å². The van der Waals surface area contributed by atoms with Gasteiger partial charge in [0.05, 0.1) is 12.3 Å². The summed E-state index contributed by atoms with van der Waals surface area (Å²) in [5.74, 6) is -0.969. The molecule has 1 saturated heterocycles. The van der Waals surface area contributed by atoms with E-state index in [1.807, 2.05) is 6.07 Å². The van der Waals surface area contributed by atoms with Gasteiger partial charge in [-0.3, -0.25) is 14.9 Å². The topological polar surface area (TPSA) is 195 Å². The number of fused-ring (bicyclic) bond motifs is 1. The second-order valence-electron chi connectivity index (χ2n) is 9.23. The van der Waals surface area contributed by atoms with E-state index in [1.165, 1.54) is 16.6 Å². The van der Waals surface area contributed by atoms with Crippen LogP contribution in [0.2, 0.25) is 0 Å². The maximum atomic E-state index is 12.7. The average molecular weight is 532 g/mol. The van der Waals surface area contributed by atoms with Crippen molar-refractivity contribution in [2.24, 2.45) is 5.92 Å². The quantitative estimate of drug-likeness (QED) is 0.325. The standard InChI is InChI=1S/C24H29N5O9/c1-14(31)35-13-36-23(34)28-22-16-7-8-18(29(16)27-12-26-22)24(11-25)21(33)20(17(10-30)38-24)37-19(32)9-15-5-3-2-4-6-15/h7-8,12,15,17,20-21,30,33H,2-6,9-10,13H2,1H3,(H,26,27,28,34)/t17-,20-,21-,24+/m1/s1. The van der Waals surface area contributed by atoms with Gasteiger partial charge in [-0.25, -0.2) is 14.3 Å². The predicted molar refractivity (Wildman–Crippen MR) is 126 cm³/mol. The van der Waals surface area contributed by atoms with Crippen LogP contribution < -0.4 is 5.32 Å². The Hall–Kier alpha value is -3.80. The van der Waals surface area contributed by atoms with Crippen molar-refractivity contribution >= 4 is 29.4 Å². The molecule has 2 fully saturated rings. The maximum absolute atomic E-state index is 12.7. The van der Waals surface area contributed by atoms with Crippen LogP contribution in [-0.4, -0.2) is 74.6 Å². The fraction of sp³-hybridized carbons (Fsp3) is 0.583. The molecule has 1 amide bonds. The Morgan fingerprint density at radius 3 is 2.71 bits per heavy atom. The lowest BCUT2D eigenvalue weighted by Crippen LogP contribution is -2.43. The number of esters is 2. The van der Waals surface area contributed by atoms with Crippen LogP contribution in [0.25, 0.3) is 5.52 Å². The summed E-state index contributed by atoms with van der Waals surface area (Å²) in [6, 6.07) is 4.86. The van der Waals surface area contributed by atoms with Gasteiger partial charge < -0.3 is 29.2 Å². The summed E-state index contributed by atoms with van der Waals surface area (Å²) in [6.45, 7) is -0.0531. The van der Waals surface area contributed by atoms with Crippen LogP contribution in [-0.2, 0) is 34.1 Å². The molecule has 3 heterocycles. The first-order valence-electron chi connectivity index (χ1n) is 12.3. The minimum Gasteiger partial charge on any atom is -0.457 e. The highest BCUT2D eigenvalue weighted by atomic mass is 16.7. The summed E-state index contributed by atoms with van der Waals surface area (Å²) in [7, 11) is 0. The first-order chi connectivity index (χ1) is 18.3. The van der Waals surface area contributed by atoms with Crippen molar-refractivity contribution in [1.82, 2.24) is 14.6 Å². The summed E-state index contributed by atoms with van der Waals surface area (Å²) < 4.78 is 21.9. The maximum Gasteiger partial charge on any atom is 0.415 e. The van der Waals surface area contributed by atoms with Gasteiger partial charge in [0, 0.05) is 13.3 Å². The molecule has 0 spiro atoms. The van der Waals surface area contributed by atoms with Crippen LogP contribution in [0.4, 0.5) is 10.6 Å². The number of carbonyl (C=O) groups is 3. The molecule has 0 unspecified atom stereocenters. The van der Waals surface area contributed by atoms with E-state index in [-0.39, 0.29) is 29.4 Å². The third-order valence-corrected chi connectivity index (χ3v) is 6.73. The average Bonchev–Trinajstić information content (AvgIpc) is 3.45. The molecule has 2 aliphatic rings. The third-order valence-electron chi connectivity index (χ3n) is 6.73. The number of ether oxygens (including phenoxy) is 4. The fourth-order valence-electron chi connectivity index (χ4n) is 4.89. The van der Waals surface area contributed by atoms with Crippen molar-refractivity contribution in [3.05, 3.63) is 24.2 Å². The minimum atomic E-state index is -2.06. The van der Waals surface area contributed by atoms with Crippen LogP contribution in [0.3, 0.4) is 0 Å². The first kappa shape index (κ1) is 27.2. The van der Waals surface area contributed by atoms with Crippen molar-refractivity contribution in [1.29, 1.82) is 5.26 Å². The molecular weight excluding hydrogens is 502 g/mol. The molecule has 2 aromatic heterocycles. The molecule has 38 heavy (non-hydrogen) atoms. The number of hydrogen-bond donors (Lipinski definition) is 3. The Morgan fingerprint density at radius 2 is 2.03 bits per heavy atom. The lowest BCUT2D eigenvalue weighted by molar-refractivity contribution is -0.158. The van der Waals surface area contributed by atoms with Gasteiger partial charge >= 0.3 is 18.0 Å². The number of aliphatic hydroxyl groups excluding tert-OH is 2. The van der Waals surface area contributed by atoms with E-state index in [1.54, 1.807) is 0 Å². The molecular formula is C24H29N5O9. The molecule has 1 aliphatic carbocycles. The predicted octanol–water partition coefficient (Wildman–Crippen LogP) is 1.15. The van der Waals surface area contributed by atoms with E-state index < -0.39 is 55.3 Å². The Bertz CT molecular complexity index is 1220.